The van der Waals surface area contributed by atoms with Crippen molar-refractivity contribution in [2.24, 2.45) is 0 Å². The highest BCUT2D eigenvalue weighted by Gasteiger charge is 2.19. The molecule has 0 N–H and O–H groups in total. The van der Waals surface area contributed by atoms with E-state index in [2.05, 4.69) is 45.1 Å². The fraction of sp³-hybridized carbons (Fsp3) is 0.836. The molecule has 0 heterocycles. The highest BCUT2D eigenvalue weighted by atomic mass is 16.6. The number of carbonyl (C=O) groups excluding carboxylic acids is 3. The van der Waals surface area contributed by atoms with Crippen LogP contribution < -0.4 is 0 Å². The number of unbranched alkanes of at least 4 members (excludes halogenated alkanes) is 32. The lowest BCUT2D eigenvalue weighted by Crippen LogP contribution is -2.30. The van der Waals surface area contributed by atoms with Gasteiger partial charge in [0.05, 0.1) is 6.42 Å². The first kappa shape index (κ1) is 58.6. The van der Waals surface area contributed by atoms with Crippen LogP contribution in [0.15, 0.2) is 36.5 Å². The molecule has 0 bridgehead atoms. The predicted molar refractivity (Wildman–Crippen MR) is 261 cm³/mol. The van der Waals surface area contributed by atoms with Gasteiger partial charge < -0.3 is 14.2 Å². The summed E-state index contributed by atoms with van der Waals surface area (Å²) in [7, 11) is 0. The molecule has 0 radical (unpaired) electrons. The molecular formula is C55H100O6. The Bertz CT molecular complexity index is 1030. The van der Waals surface area contributed by atoms with Gasteiger partial charge in [-0.25, -0.2) is 0 Å². The molecule has 0 saturated heterocycles. The third kappa shape index (κ3) is 48.5. The summed E-state index contributed by atoms with van der Waals surface area (Å²) in [5, 5.41) is 0. The number of ether oxygens (including phenoxy) is 3. The average molecular weight is 857 g/mol. The van der Waals surface area contributed by atoms with Crippen molar-refractivity contribution in [1.82, 2.24) is 0 Å². The number of esters is 3. The van der Waals surface area contributed by atoms with E-state index in [-0.39, 0.29) is 31.6 Å². The zero-order valence-corrected chi connectivity index (χ0v) is 40.7. The molecule has 6 nitrogen and oxygen atoms in total. The first-order chi connectivity index (χ1) is 30.0. The molecule has 0 fully saturated rings. The summed E-state index contributed by atoms with van der Waals surface area (Å²) in [6, 6.07) is 0. The van der Waals surface area contributed by atoms with Crippen molar-refractivity contribution >= 4 is 17.9 Å². The molecule has 356 valence electrons. The molecular weight excluding hydrogens is 757 g/mol. The van der Waals surface area contributed by atoms with Crippen molar-refractivity contribution < 1.29 is 28.6 Å². The Morgan fingerprint density at radius 2 is 0.639 bits per heavy atom. The van der Waals surface area contributed by atoms with Crippen LogP contribution in [-0.4, -0.2) is 37.2 Å². The number of allylic oxidation sites excluding steroid dienone is 5. The largest absolute Gasteiger partial charge is 0.462 e. The van der Waals surface area contributed by atoms with Crippen LogP contribution in [0, 0.1) is 0 Å². The minimum Gasteiger partial charge on any atom is -0.462 e. The van der Waals surface area contributed by atoms with Crippen LogP contribution in [0.2, 0.25) is 0 Å². The second-order valence-electron chi connectivity index (χ2n) is 17.8. The van der Waals surface area contributed by atoms with Gasteiger partial charge in [0.1, 0.15) is 13.2 Å². The van der Waals surface area contributed by atoms with Gasteiger partial charge in [-0.05, 0) is 32.1 Å². The van der Waals surface area contributed by atoms with Crippen LogP contribution in [0.25, 0.3) is 0 Å². The van der Waals surface area contributed by atoms with E-state index in [1.807, 2.05) is 6.08 Å². The normalized spacial score (nSPS) is 12.2. The van der Waals surface area contributed by atoms with Gasteiger partial charge in [-0.2, -0.15) is 0 Å². The smallest absolute Gasteiger partial charge is 0.309 e. The first-order valence-electron chi connectivity index (χ1n) is 26.5. The van der Waals surface area contributed by atoms with Crippen molar-refractivity contribution in [2.75, 3.05) is 13.2 Å². The number of carbonyl (C=O) groups is 3. The van der Waals surface area contributed by atoms with Crippen LogP contribution in [-0.2, 0) is 28.6 Å². The molecule has 1 atom stereocenters. The van der Waals surface area contributed by atoms with Crippen LogP contribution in [0.3, 0.4) is 0 Å². The van der Waals surface area contributed by atoms with E-state index in [9.17, 15) is 14.4 Å². The van der Waals surface area contributed by atoms with E-state index in [4.69, 9.17) is 14.2 Å². The Hall–Kier alpha value is -2.37. The maximum Gasteiger partial charge on any atom is 0.309 e. The minimum absolute atomic E-state index is 0.0943. The summed E-state index contributed by atoms with van der Waals surface area (Å²) < 4.78 is 16.7. The molecule has 0 aromatic rings. The zero-order chi connectivity index (χ0) is 44.4. The lowest BCUT2D eigenvalue weighted by molar-refractivity contribution is -0.166. The molecule has 1 unspecified atom stereocenters. The molecule has 0 aromatic heterocycles. The molecule has 0 aliphatic rings. The van der Waals surface area contributed by atoms with Crippen molar-refractivity contribution in [3.05, 3.63) is 36.5 Å². The maximum atomic E-state index is 12.8. The van der Waals surface area contributed by atoms with E-state index in [1.165, 1.54) is 180 Å². The summed E-state index contributed by atoms with van der Waals surface area (Å²) in [6.07, 6.45) is 58.9. The fourth-order valence-electron chi connectivity index (χ4n) is 7.74. The Morgan fingerprint density at radius 3 is 1.00 bits per heavy atom. The first-order valence-corrected chi connectivity index (χ1v) is 26.5. The van der Waals surface area contributed by atoms with Gasteiger partial charge in [0.15, 0.2) is 6.10 Å². The number of hydrogen-bond acceptors (Lipinski definition) is 6. The second kappa shape index (κ2) is 50.3. The van der Waals surface area contributed by atoms with Gasteiger partial charge >= 0.3 is 17.9 Å². The topological polar surface area (TPSA) is 78.9 Å². The number of hydrogen-bond donors (Lipinski definition) is 0. The summed E-state index contributed by atoms with van der Waals surface area (Å²) in [4.78, 5) is 37.8. The average Bonchev–Trinajstić information content (AvgIpc) is 3.26. The third-order valence-electron chi connectivity index (χ3n) is 11.7. The van der Waals surface area contributed by atoms with Crippen molar-refractivity contribution in [2.45, 2.75) is 284 Å². The summed E-state index contributed by atoms with van der Waals surface area (Å²) in [5.74, 6) is -1.01. The maximum absolute atomic E-state index is 12.8. The Labute approximate surface area is 378 Å². The number of rotatable bonds is 48. The lowest BCUT2D eigenvalue weighted by atomic mass is 10.0. The van der Waals surface area contributed by atoms with Crippen LogP contribution >= 0.6 is 0 Å². The van der Waals surface area contributed by atoms with Gasteiger partial charge in [0.2, 0.25) is 0 Å². The lowest BCUT2D eigenvalue weighted by Gasteiger charge is -2.18. The Kier molecular flexibility index (Phi) is 48.3. The highest BCUT2D eigenvalue weighted by Crippen LogP contribution is 2.17. The van der Waals surface area contributed by atoms with Crippen LogP contribution in [0.4, 0.5) is 0 Å². The van der Waals surface area contributed by atoms with Gasteiger partial charge in [-0.3, -0.25) is 14.4 Å². The monoisotopic (exact) mass is 857 g/mol. The highest BCUT2D eigenvalue weighted by molar-refractivity contribution is 5.72. The molecule has 0 aromatic carbocycles. The molecule has 0 saturated carbocycles. The van der Waals surface area contributed by atoms with Gasteiger partial charge in [-0.1, -0.05) is 263 Å². The summed E-state index contributed by atoms with van der Waals surface area (Å²) in [6.45, 7) is 6.46. The van der Waals surface area contributed by atoms with Crippen molar-refractivity contribution in [3.63, 3.8) is 0 Å². The van der Waals surface area contributed by atoms with Gasteiger partial charge in [0, 0.05) is 12.8 Å². The molecule has 0 aliphatic heterocycles. The molecule has 0 amide bonds. The molecule has 61 heavy (non-hydrogen) atoms. The fourth-order valence-corrected chi connectivity index (χ4v) is 7.74. The summed E-state index contributed by atoms with van der Waals surface area (Å²) >= 11 is 0. The van der Waals surface area contributed by atoms with E-state index in [1.54, 1.807) is 6.08 Å². The molecule has 0 aliphatic carbocycles. The van der Waals surface area contributed by atoms with Crippen molar-refractivity contribution in [1.29, 1.82) is 0 Å². The van der Waals surface area contributed by atoms with E-state index in [0.29, 0.717) is 12.8 Å². The minimum atomic E-state index is -0.801. The van der Waals surface area contributed by atoms with E-state index in [0.717, 1.165) is 57.8 Å². The Morgan fingerprint density at radius 1 is 0.344 bits per heavy atom. The standard InChI is InChI=1S/C55H100O6/c1-4-7-10-13-16-19-21-23-25-26-27-28-30-31-33-36-39-42-45-48-54(57)60-51-52(50-59-53(56)47-44-41-38-35-18-15-12-9-6-3)61-55(58)49-46-43-40-37-34-32-29-24-22-20-17-14-11-8-5-2/h9,12,18,35,41,44,52H,4-8,10-11,13-17,19-34,36-40,42-43,45-51H2,1-3H3/b12-9-,35-18-,44-41-. The summed E-state index contributed by atoms with van der Waals surface area (Å²) in [5.41, 5.74) is 0. The van der Waals surface area contributed by atoms with Gasteiger partial charge in [-0.15, -0.1) is 0 Å². The van der Waals surface area contributed by atoms with Crippen LogP contribution in [0.1, 0.15) is 278 Å². The SMILES string of the molecule is CC/C=C\C/C=C\C/C=C\CC(=O)OCC(COC(=O)CCCCCCCCCCCCCCCCCCCCC)OC(=O)CCCCCCCCCCCCCCCCC. The van der Waals surface area contributed by atoms with E-state index < -0.39 is 12.1 Å². The molecule has 0 spiro atoms. The zero-order valence-electron chi connectivity index (χ0n) is 40.7. The third-order valence-corrected chi connectivity index (χ3v) is 11.7. The second-order valence-corrected chi connectivity index (χ2v) is 17.8. The predicted octanol–water partition coefficient (Wildman–Crippen LogP) is 17.3. The van der Waals surface area contributed by atoms with Crippen LogP contribution in [0.5, 0.6) is 0 Å². The van der Waals surface area contributed by atoms with Crippen molar-refractivity contribution in [3.8, 4) is 0 Å². The Balaban J connectivity index is 4.28. The molecule has 6 heteroatoms. The molecule has 0 rings (SSSR count). The van der Waals surface area contributed by atoms with Gasteiger partial charge in [0.25, 0.3) is 0 Å². The quantitative estimate of drug-likeness (QED) is 0.0262. The van der Waals surface area contributed by atoms with E-state index >= 15 is 0 Å².